The summed E-state index contributed by atoms with van der Waals surface area (Å²) in [5.41, 5.74) is 3.92. The first-order valence-corrected chi connectivity index (χ1v) is 12.1. The highest BCUT2D eigenvalue weighted by molar-refractivity contribution is 7.18. The molecule has 0 saturated heterocycles. The monoisotopic (exact) mass is 458 g/mol. The highest BCUT2D eigenvalue weighted by atomic mass is 32.1. The number of benzene rings is 2. The van der Waals surface area contributed by atoms with Gasteiger partial charge in [0.15, 0.2) is 0 Å². The van der Waals surface area contributed by atoms with Gasteiger partial charge in [-0.25, -0.2) is 9.78 Å². The molecule has 0 unspecified atom stereocenters. The molecule has 2 amide bonds. The van der Waals surface area contributed by atoms with Gasteiger partial charge in [-0.05, 0) is 55.9 Å². The number of aromatic amines is 1. The lowest BCUT2D eigenvalue weighted by molar-refractivity contribution is 0.205. The van der Waals surface area contributed by atoms with Crippen molar-refractivity contribution in [1.29, 1.82) is 0 Å². The van der Waals surface area contributed by atoms with Crippen LogP contribution in [-0.2, 0) is 25.9 Å². The number of aryl methyl sites for hydroxylation is 3. The molecule has 2 N–H and O–H groups in total. The van der Waals surface area contributed by atoms with Gasteiger partial charge in [-0.15, -0.1) is 11.3 Å². The van der Waals surface area contributed by atoms with E-state index in [1.807, 2.05) is 61.5 Å². The Labute approximate surface area is 196 Å². The van der Waals surface area contributed by atoms with Crippen LogP contribution in [0, 0.1) is 6.92 Å². The molecule has 2 heterocycles. The number of amides is 2. The Bertz CT molecular complexity index is 1340. The van der Waals surface area contributed by atoms with E-state index in [1.165, 1.54) is 10.4 Å². The third-order valence-electron chi connectivity index (χ3n) is 6.02. The molecule has 0 aliphatic heterocycles. The fourth-order valence-electron chi connectivity index (χ4n) is 4.31. The van der Waals surface area contributed by atoms with Gasteiger partial charge >= 0.3 is 6.03 Å². The Balaban J connectivity index is 1.44. The molecule has 2 aromatic carbocycles. The number of H-pyrrole nitrogens is 1. The molecule has 0 bridgehead atoms. The van der Waals surface area contributed by atoms with Gasteiger partial charge in [0.1, 0.15) is 10.7 Å². The first-order valence-electron chi connectivity index (χ1n) is 11.3. The third kappa shape index (κ3) is 4.68. The fraction of sp³-hybridized carbons (Fsp3) is 0.269. The van der Waals surface area contributed by atoms with Crippen LogP contribution in [0.25, 0.3) is 10.2 Å². The van der Waals surface area contributed by atoms with Crippen molar-refractivity contribution < 1.29 is 4.79 Å². The molecule has 33 heavy (non-hydrogen) atoms. The van der Waals surface area contributed by atoms with Crippen molar-refractivity contribution in [3.8, 4) is 0 Å². The van der Waals surface area contributed by atoms with E-state index in [0.29, 0.717) is 12.4 Å². The largest absolute Gasteiger partial charge is 0.322 e. The number of urea groups is 1. The van der Waals surface area contributed by atoms with Crippen LogP contribution in [0.5, 0.6) is 0 Å². The number of hydrogen-bond acceptors (Lipinski definition) is 4. The van der Waals surface area contributed by atoms with Gasteiger partial charge in [0, 0.05) is 17.1 Å². The lowest BCUT2D eigenvalue weighted by Crippen LogP contribution is -2.35. The van der Waals surface area contributed by atoms with Gasteiger partial charge in [-0.2, -0.15) is 0 Å². The molecule has 2 aromatic heterocycles. The van der Waals surface area contributed by atoms with Gasteiger partial charge in [0.05, 0.1) is 11.9 Å². The van der Waals surface area contributed by atoms with Gasteiger partial charge in [0.2, 0.25) is 0 Å². The molecule has 0 spiro atoms. The van der Waals surface area contributed by atoms with Crippen LogP contribution in [0.1, 0.15) is 40.2 Å². The van der Waals surface area contributed by atoms with E-state index >= 15 is 0 Å². The van der Waals surface area contributed by atoms with Crippen LogP contribution >= 0.6 is 11.3 Å². The number of aromatic nitrogens is 2. The molecule has 1 aliphatic carbocycles. The van der Waals surface area contributed by atoms with E-state index in [9.17, 15) is 9.59 Å². The number of carbonyl (C=O) groups excluding carboxylic acids is 1. The molecule has 0 radical (unpaired) electrons. The molecule has 0 atom stereocenters. The Morgan fingerprint density at radius 1 is 1.06 bits per heavy atom. The van der Waals surface area contributed by atoms with Crippen LogP contribution in [0.15, 0.2) is 59.4 Å². The first-order chi connectivity index (χ1) is 16.1. The summed E-state index contributed by atoms with van der Waals surface area (Å²) in [6, 6.07) is 17.3. The second-order valence-electron chi connectivity index (χ2n) is 8.54. The van der Waals surface area contributed by atoms with Crippen molar-refractivity contribution in [1.82, 2.24) is 14.9 Å². The maximum absolute atomic E-state index is 13.2. The van der Waals surface area contributed by atoms with Crippen LogP contribution in [-0.4, -0.2) is 20.9 Å². The Morgan fingerprint density at radius 3 is 2.61 bits per heavy atom. The number of rotatable bonds is 5. The molecule has 4 aromatic rings. The average molecular weight is 459 g/mol. The molecular weight excluding hydrogens is 432 g/mol. The highest BCUT2D eigenvalue weighted by Crippen LogP contribution is 2.33. The van der Waals surface area contributed by atoms with E-state index in [0.717, 1.165) is 52.7 Å². The zero-order valence-electron chi connectivity index (χ0n) is 18.6. The minimum atomic E-state index is -0.240. The van der Waals surface area contributed by atoms with E-state index in [2.05, 4.69) is 10.3 Å². The summed E-state index contributed by atoms with van der Waals surface area (Å²) in [6.45, 7) is 2.62. The highest BCUT2D eigenvalue weighted by Gasteiger charge is 2.21. The normalized spacial score (nSPS) is 13.0. The molecular formula is C26H26N4O2S. The summed E-state index contributed by atoms with van der Waals surface area (Å²) in [7, 11) is 0. The smallest absolute Gasteiger partial charge is 0.313 e. The van der Waals surface area contributed by atoms with Crippen molar-refractivity contribution in [2.45, 2.75) is 45.7 Å². The van der Waals surface area contributed by atoms with Crippen molar-refractivity contribution in [3.05, 3.63) is 92.3 Å². The van der Waals surface area contributed by atoms with Crippen molar-refractivity contribution in [3.63, 3.8) is 0 Å². The zero-order valence-corrected chi connectivity index (χ0v) is 19.4. The van der Waals surface area contributed by atoms with Crippen molar-refractivity contribution in [2.75, 3.05) is 5.32 Å². The number of anilines is 1. The zero-order chi connectivity index (χ0) is 22.8. The van der Waals surface area contributed by atoms with Gasteiger partial charge in [-0.3, -0.25) is 4.79 Å². The maximum atomic E-state index is 13.2. The fourth-order valence-corrected chi connectivity index (χ4v) is 5.59. The summed E-state index contributed by atoms with van der Waals surface area (Å²) < 4.78 is 0. The number of nitrogens with one attached hydrogen (secondary N) is 2. The molecule has 5 rings (SSSR count). The Hall–Kier alpha value is -3.45. The van der Waals surface area contributed by atoms with E-state index in [-0.39, 0.29) is 18.1 Å². The predicted molar refractivity (Wildman–Crippen MR) is 133 cm³/mol. The SMILES string of the molecule is Cc1ccc(NC(=O)N(Cc2ccccc2)Cc2nc3sc4c(c3c(=O)[nH]2)CCCC4)cc1. The molecule has 0 saturated carbocycles. The van der Waals surface area contributed by atoms with Crippen LogP contribution in [0.2, 0.25) is 0 Å². The lowest BCUT2D eigenvalue weighted by Gasteiger charge is -2.23. The quantitative estimate of drug-likeness (QED) is 0.420. The predicted octanol–water partition coefficient (Wildman–Crippen LogP) is 5.41. The second-order valence-corrected chi connectivity index (χ2v) is 9.63. The molecule has 7 heteroatoms. The minimum Gasteiger partial charge on any atom is -0.313 e. The summed E-state index contributed by atoms with van der Waals surface area (Å²) in [4.78, 5) is 37.6. The average Bonchev–Trinajstić information content (AvgIpc) is 3.19. The minimum absolute atomic E-state index is 0.104. The Morgan fingerprint density at radius 2 is 1.82 bits per heavy atom. The van der Waals surface area contributed by atoms with E-state index in [1.54, 1.807) is 16.2 Å². The summed E-state index contributed by atoms with van der Waals surface area (Å²) in [6.07, 6.45) is 4.24. The third-order valence-corrected chi connectivity index (χ3v) is 7.21. The van der Waals surface area contributed by atoms with Crippen LogP contribution < -0.4 is 10.9 Å². The number of fused-ring (bicyclic) bond motifs is 3. The number of nitrogens with zero attached hydrogens (tertiary/aromatic N) is 2. The second kappa shape index (κ2) is 9.19. The lowest BCUT2D eigenvalue weighted by atomic mass is 9.97. The van der Waals surface area contributed by atoms with Crippen LogP contribution in [0.4, 0.5) is 10.5 Å². The number of thiophene rings is 1. The summed E-state index contributed by atoms with van der Waals surface area (Å²) in [5.74, 6) is 0.501. The van der Waals surface area contributed by atoms with E-state index in [4.69, 9.17) is 4.98 Å². The molecule has 168 valence electrons. The molecule has 1 aliphatic rings. The van der Waals surface area contributed by atoms with Gasteiger partial charge in [0.25, 0.3) is 5.56 Å². The van der Waals surface area contributed by atoms with Gasteiger partial charge in [-0.1, -0.05) is 48.0 Å². The first kappa shape index (κ1) is 21.4. The Kier molecular flexibility index (Phi) is 5.96. The number of carbonyl (C=O) groups is 1. The van der Waals surface area contributed by atoms with Gasteiger partial charge < -0.3 is 15.2 Å². The van der Waals surface area contributed by atoms with E-state index < -0.39 is 0 Å². The maximum Gasteiger partial charge on any atom is 0.322 e. The van der Waals surface area contributed by atoms with Crippen LogP contribution in [0.3, 0.4) is 0 Å². The van der Waals surface area contributed by atoms with Crippen molar-refractivity contribution >= 4 is 33.3 Å². The van der Waals surface area contributed by atoms with Crippen molar-refractivity contribution in [2.24, 2.45) is 0 Å². The molecule has 0 fully saturated rings. The summed E-state index contributed by atoms with van der Waals surface area (Å²) >= 11 is 1.62. The number of hydrogen-bond donors (Lipinski definition) is 2. The molecule has 6 nitrogen and oxygen atoms in total. The topological polar surface area (TPSA) is 78.1 Å². The standard InChI is InChI=1S/C26H26N4O2S/c1-17-11-13-19(14-12-17)27-26(32)30(15-18-7-3-2-4-8-18)16-22-28-24(31)23-20-9-5-6-10-21(20)33-25(23)29-22/h2-4,7-8,11-14H,5-6,9-10,15-16H2,1H3,(H,27,32)(H,28,29,31). The summed E-state index contributed by atoms with van der Waals surface area (Å²) in [5, 5.41) is 3.70.